The lowest BCUT2D eigenvalue weighted by molar-refractivity contribution is -0.117. The Morgan fingerprint density at radius 2 is 1.87 bits per heavy atom. The molecule has 0 spiro atoms. The summed E-state index contributed by atoms with van der Waals surface area (Å²) >= 11 is 0. The van der Waals surface area contributed by atoms with Crippen LogP contribution in [0.15, 0.2) is 41.3 Å². The minimum atomic E-state index is -3.80. The van der Waals surface area contributed by atoms with E-state index in [2.05, 4.69) is 5.32 Å². The Bertz CT molecular complexity index is 1090. The lowest BCUT2D eigenvalue weighted by Gasteiger charge is -2.26. The van der Waals surface area contributed by atoms with Gasteiger partial charge in [0.15, 0.2) is 0 Å². The first-order chi connectivity index (χ1) is 14.3. The Morgan fingerprint density at radius 3 is 2.57 bits per heavy atom. The van der Waals surface area contributed by atoms with Crippen molar-refractivity contribution in [2.75, 3.05) is 31.6 Å². The van der Waals surface area contributed by atoms with Crippen molar-refractivity contribution in [3.8, 4) is 5.75 Å². The minimum absolute atomic E-state index is 0.0421. The third-order valence-corrected chi connectivity index (χ3v) is 7.22. The van der Waals surface area contributed by atoms with Gasteiger partial charge in [0.25, 0.3) is 0 Å². The average Bonchev–Trinajstić information content (AvgIpc) is 3.51. The van der Waals surface area contributed by atoms with E-state index < -0.39 is 39.4 Å². The standard InChI is InChI=1S/C20H20F2N2O5S/c21-12-1-3-14(17(22)9-12)15-11-16(15)20(26)23-18-10-13(2-4-19(18)25)30(27,28)24-5-7-29-8-6-24/h1-4,9-10,15-16,25H,5-8,11H2,(H,23,26)/t15-,16-/m0/s1. The number of carbonyl (C=O) groups excluding carboxylic acids is 1. The maximum absolute atomic E-state index is 13.9. The van der Waals surface area contributed by atoms with Gasteiger partial charge in [-0.05, 0) is 42.2 Å². The molecule has 1 saturated heterocycles. The number of nitrogens with one attached hydrogen (secondary N) is 1. The monoisotopic (exact) mass is 438 g/mol. The molecule has 2 aliphatic rings. The molecule has 160 valence electrons. The lowest BCUT2D eigenvalue weighted by atomic mass is 10.1. The Morgan fingerprint density at radius 1 is 1.13 bits per heavy atom. The minimum Gasteiger partial charge on any atom is -0.506 e. The second kappa shape index (κ2) is 7.93. The molecule has 4 rings (SSSR count). The van der Waals surface area contributed by atoms with Crippen molar-refractivity contribution in [2.24, 2.45) is 5.92 Å². The second-order valence-electron chi connectivity index (χ2n) is 7.30. The number of halogens is 2. The Labute approximate surface area is 172 Å². The third kappa shape index (κ3) is 4.03. The van der Waals surface area contributed by atoms with Crippen molar-refractivity contribution in [3.63, 3.8) is 0 Å². The first kappa shape index (κ1) is 20.7. The van der Waals surface area contributed by atoms with E-state index in [4.69, 9.17) is 4.74 Å². The van der Waals surface area contributed by atoms with Crippen LogP contribution in [-0.2, 0) is 19.6 Å². The van der Waals surface area contributed by atoms with E-state index in [1.54, 1.807) is 0 Å². The molecule has 2 N–H and O–H groups in total. The van der Waals surface area contributed by atoms with Crippen molar-refractivity contribution in [1.82, 2.24) is 4.31 Å². The SMILES string of the molecule is O=C(Nc1cc(S(=O)(=O)N2CCOCC2)ccc1O)[C@H]1C[C@H]1c1ccc(F)cc1F. The van der Waals surface area contributed by atoms with Crippen LogP contribution < -0.4 is 5.32 Å². The highest BCUT2D eigenvalue weighted by Gasteiger charge is 2.45. The molecule has 2 fully saturated rings. The largest absolute Gasteiger partial charge is 0.506 e. The van der Waals surface area contributed by atoms with Gasteiger partial charge < -0.3 is 15.2 Å². The number of morpholine rings is 1. The summed E-state index contributed by atoms with van der Waals surface area (Å²) in [4.78, 5) is 12.5. The molecule has 2 aromatic carbocycles. The average molecular weight is 438 g/mol. The predicted octanol–water partition coefficient (Wildman–Crippen LogP) is 2.43. The lowest BCUT2D eigenvalue weighted by Crippen LogP contribution is -2.40. The third-order valence-electron chi connectivity index (χ3n) is 5.32. The molecular weight excluding hydrogens is 418 g/mol. The van der Waals surface area contributed by atoms with E-state index in [9.17, 15) is 27.1 Å². The van der Waals surface area contributed by atoms with Crippen LogP contribution in [0, 0.1) is 17.6 Å². The number of phenolic OH excluding ortho intramolecular Hbond substituents is 1. The summed E-state index contributed by atoms with van der Waals surface area (Å²) in [7, 11) is -3.80. The number of sulfonamides is 1. The number of hydrogen-bond acceptors (Lipinski definition) is 5. The summed E-state index contributed by atoms with van der Waals surface area (Å²) in [6.07, 6.45) is 0.376. The molecule has 1 heterocycles. The smallest absolute Gasteiger partial charge is 0.243 e. The second-order valence-corrected chi connectivity index (χ2v) is 9.24. The van der Waals surface area contributed by atoms with Gasteiger partial charge >= 0.3 is 0 Å². The fourth-order valence-electron chi connectivity index (χ4n) is 3.57. The molecule has 2 atom stereocenters. The Hall–Kier alpha value is -2.56. The van der Waals surface area contributed by atoms with Crippen LogP contribution in [0.25, 0.3) is 0 Å². The molecule has 0 bridgehead atoms. The summed E-state index contributed by atoms with van der Waals surface area (Å²) in [6, 6.07) is 6.89. The summed E-state index contributed by atoms with van der Waals surface area (Å²) in [5.74, 6) is -3.11. The predicted molar refractivity (Wildman–Crippen MR) is 104 cm³/mol. The quantitative estimate of drug-likeness (QED) is 0.699. The van der Waals surface area contributed by atoms with Gasteiger partial charge in [-0.2, -0.15) is 4.31 Å². The molecule has 1 aliphatic carbocycles. The zero-order valence-electron chi connectivity index (χ0n) is 15.8. The number of hydrogen-bond donors (Lipinski definition) is 2. The van der Waals surface area contributed by atoms with E-state index in [0.29, 0.717) is 19.6 Å². The first-order valence-corrected chi connectivity index (χ1v) is 10.9. The highest BCUT2D eigenvalue weighted by atomic mass is 32.2. The van der Waals surface area contributed by atoms with Crippen LogP contribution in [0.2, 0.25) is 0 Å². The number of phenols is 1. The van der Waals surface area contributed by atoms with Gasteiger partial charge in [-0.3, -0.25) is 4.79 Å². The van der Waals surface area contributed by atoms with E-state index in [1.807, 2.05) is 0 Å². The van der Waals surface area contributed by atoms with E-state index in [1.165, 1.54) is 28.6 Å². The molecule has 0 unspecified atom stereocenters. The Balaban J connectivity index is 1.50. The normalized spacial score (nSPS) is 21.9. The van der Waals surface area contributed by atoms with Crippen LogP contribution in [0.1, 0.15) is 17.9 Å². The number of benzene rings is 2. The molecule has 10 heteroatoms. The van der Waals surface area contributed by atoms with Crippen molar-refractivity contribution < 1.29 is 31.8 Å². The van der Waals surface area contributed by atoms with Crippen molar-refractivity contribution in [3.05, 3.63) is 53.6 Å². The number of amides is 1. The molecule has 1 saturated carbocycles. The van der Waals surface area contributed by atoms with Gasteiger partial charge in [0.2, 0.25) is 15.9 Å². The molecule has 1 amide bonds. The van der Waals surface area contributed by atoms with Crippen molar-refractivity contribution >= 4 is 21.6 Å². The summed E-state index contributed by atoms with van der Waals surface area (Å²) < 4.78 is 59.0. The molecule has 0 radical (unpaired) electrons. The molecule has 30 heavy (non-hydrogen) atoms. The van der Waals surface area contributed by atoms with Crippen LogP contribution >= 0.6 is 0 Å². The number of aromatic hydroxyl groups is 1. The van der Waals surface area contributed by atoms with Gasteiger partial charge in [0, 0.05) is 25.1 Å². The van der Waals surface area contributed by atoms with Crippen LogP contribution in [0.5, 0.6) is 5.75 Å². The van der Waals surface area contributed by atoms with Crippen LogP contribution in [-0.4, -0.2) is 50.0 Å². The van der Waals surface area contributed by atoms with Crippen LogP contribution in [0.4, 0.5) is 14.5 Å². The summed E-state index contributed by atoms with van der Waals surface area (Å²) in [5.41, 5.74) is 0.212. The van der Waals surface area contributed by atoms with Crippen molar-refractivity contribution in [2.45, 2.75) is 17.2 Å². The topological polar surface area (TPSA) is 95.9 Å². The van der Waals surface area contributed by atoms with Gasteiger partial charge in [-0.15, -0.1) is 0 Å². The maximum Gasteiger partial charge on any atom is 0.243 e. The van der Waals surface area contributed by atoms with E-state index in [-0.39, 0.29) is 35.0 Å². The van der Waals surface area contributed by atoms with Gasteiger partial charge in [-0.1, -0.05) is 6.07 Å². The van der Waals surface area contributed by atoms with Gasteiger partial charge in [0.1, 0.15) is 17.4 Å². The zero-order valence-corrected chi connectivity index (χ0v) is 16.7. The highest BCUT2D eigenvalue weighted by Crippen LogP contribution is 2.49. The number of ether oxygens (including phenoxy) is 1. The summed E-state index contributed by atoms with van der Waals surface area (Å²) in [5, 5.41) is 12.6. The highest BCUT2D eigenvalue weighted by molar-refractivity contribution is 7.89. The molecule has 1 aliphatic heterocycles. The van der Waals surface area contributed by atoms with E-state index in [0.717, 1.165) is 12.1 Å². The fraction of sp³-hybridized carbons (Fsp3) is 0.350. The van der Waals surface area contributed by atoms with Gasteiger partial charge in [-0.25, -0.2) is 17.2 Å². The number of rotatable bonds is 5. The zero-order chi connectivity index (χ0) is 21.5. The molecule has 7 nitrogen and oxygen atoms in total. The molecule has 2 aromatic rings. The summed E-state index contributed by atoms with van der Waals surface area (Å²) in [6.45, 7) is 1.03. The van der Waals surface area contributed by atoms with Crippen molar-refractivity contribution in [1.29, 1.82) is 0 Å². The Kier molecular flexibility index (Phi) is 5.48. The first-order valence-electron chi connectivity index (χ1n) is 9.44. The molecule has 0 aromatic heterocycles. The number of nitrogens with zero attached hydrogens (tertiary/aromatic N) is 1. The number of carbonyl (C=O) groups is 1. The molecular formula is C20H20F2N2O5S. The number of anilines is 1. The fourth-order valence-corrected chi connectivity index (χ4v) is 5.00. The van der Waals surface area contributed by atoms with Crippen LogP contribution in [0.3, 0.4) is 0 Å². The van der Waals surface area contributed by atoms with Gasteiger partial charge in [0.05, 0.1) is 23.8 Å². The van der Waals surface area contributed by atoms with E-state index >= 15 is 0 Å². The maximum atomic E-state index is 13.9.